The van der Waals surface area contributed by atoms with Crippen LogP contribution in [0.2, 0.25) is 0 Å². The van der Waals surface area contributed by atoms with E-state index in [1.54, 1.807) is 0 Å². The van der Waals surface area contributed by atoms with Gasteiger partial charge in [-0.05, 0) is 25.0 Å². The summed E-state index contributed by atoms with van der Waals surface area (Å²) < 4.78 is 31.1. The minimum atomic E-state index is -0.923. The predicted molar refractivity (Wildman–Crippen MR) is 48.0 cm³/mol. The molecule has 0 atom stereocenters. The molecule has 0 amide bonds. The molecule has 0 aromatic heterocycles. The molecule has 1 aliphatic rings. The van der Waals surface area contributed by atoms with Gasteiger partial charge < -0.3 is 10.5 Å². The number of benzene rings is 1. The lowest BCUT2D eigenvalue weighted by Crippen LogP contribution is -2.43. The summed E-state index contributed by atoms with van der Waals surface area (Å²) >= 11 is 0. The molecular weight excluding hydrogens is 188 g/mol. The van der Waals surface area contributed by atoms with Gasteiger partial charge in [0.1, 0.15) is 6.10 Å². The minimum Gasteiger partial charge on any atom is -0.487 e. The summed E-state index contributed by atoms with van der Waals surface area (Å²) in [4.78, 5) is 0. The van der Waals surface area contributed by atoms with E-state index < -0.39 is 11.6 Å². The van der Waals surface area contributed by atoms with Crippen molar-refractivity contribution >= 4 is 0 Å². The Bertz CT molecular complexity index is 337. The van der Waals surface area contributed by atoms with Gasteiger partial charge in [-0.2, -0.15) is 4.39 Å². The summed E-state index contributed by atoms with van der Waals surface area (Å²) in [5.74, 6) is -1.83. The number of nitrogens with two attached hydrogens (primary N) is 1. The van der Waals surface area contributed by atoms with Gasteiger partial charge in [0.15, 0.2) is 11.6 Å². The number of rotatable bonds is 2. The second-order valence-corrected chi connectivity index (χ2v) is 3.52. The molecule has 0 unspecified atom stereocenters. The van der Waals surface area contributed by atoms with E-state index in [0.717, 1.165) is 6.07 Å². The molecule has 1 fully saturated rings. The van der Waals surface area contributed by atoms with Gasteiger partial charge in [0.25, 0.3) is 0 Å². The Morgan fingerprint density at radius 3 is 2.64 bits per heavy atom. The molecule has 1 aromatic rings. The Morgan fingerprint density at radius 2 is 2.00 bits per heavy atom. The maximum Gasteiger partial charge on any atom is 0.200 e. The van der Waals surface area contributed by atoms with Gasteiger partial charge in [-0.3, -0.25) is 0 Å². The summed E-state index contributed by atoms with van der Waals surface area (Å²) in [7, 11) is 0. The van der Waals surface area contributed by atoms with Crippen molar-refractivity contribution in [1.29, 1.82) is 0 Å². The highest BCUT2D eigenvalue weighted by Gasteiger charge is 2.28. The Hall–Kier alpha value is -1.16. The third-order valence-electron chi connectivity index (χ3n) is 2.34. The van der Waals surface area contributed by atoms with Gasteiger partial charge in [0.05, 0.1) is 0 Å². The molecule has 2 nitrogen and oxygen atoms in total. The van der Waals surface area contributed by atoms with Crippen LogP contribution >= 0.6 is 0 Å². The van der Waals surface area contributed by atoms with Crippen LogP contribution in [0.4, 0.5) is 8.78 Å². The van der Waals surface area contributed by atoms with Crippen molar-refractivity contribution in [3.8, 4) is 5.75 Å². The molecule has 2 rings (SSSR count). The molecule has 1 saturated carbocycles. The molecule has 0 bridgehead atoms. The van der Waals surface area contributed by atoms with Crippen LogP contribution in [0.5, 0.6) is 5.75 Å². The molecule has 0 heterocycles. The van der Waals surface area contributed by atoms with Crippen molar-refractivity contribution in [3.63, 3.8) is 0 Å². The number of hydrogen-bond donors (Lipinski definition) is 1. The average molecular weight is 199 g/mol. The fourth-order valence-corrected chi connectivity index (χ4v) is 1.46. The average Bonchev–Trinajstić information content (AvgIpc) is 2.10. The molecule has 1 aliphatic carbocycles. The molecule has 0 aliphatic heterocycles. The Labute approximate surface area is 80.7 Å². The number of hydrogen-bond acceptors (Lipinski definition) is 2. The van der Waals surface area contributed by atoms with Crippen LogP contribution < -0.4 is 10.5 Å². The van der Waals surface area contributed by atoms with Gasteiger partial charge >= 0.3 is 0 Å². The maximum absolute atomic E-state index is 13.1. The second kappa shape index (κ2) is 3.53. The molecule has 2 N–H and O–H groups in total. The zero-order chi connectivity index (χ0) is 10.1. The summed E-state index contributed by atoms with van der Waals surface area (Å²) in [5.41, 5.74) is 5.54. The van der Waals surface area contributed by atoms with E-state index in [1.165, 1.54) is 12.1 Å². The highest BCUT2D eigenvalue weighted by molar-refractivity contribution is 5.25. The minimum absolute atomic E-state index is 0.0260. The highest BCUT2D eigenvalue weighted by Crippen LogP contribution is 2.27. The van der Waals surface area contributed by atoms with Crippen LogP contribution in [-0.2, 0) is 0 Å². The first-order valence-corrected chi connectivity index (χ1v) is 4.53. The van der Waals surface area contributed by atoms with Gasteiger partial charge in [-0.15, -0.1) is 0 Å². The van der Waals surface area contributed by atoms with E-state index in [-0.39, 0.29) is 17.9 Å². The molecule has 14 heavy (non-hydrogen) atoms. The van der Waals surface area contributed by atoms with Crippen LogP contribution in [0.1, 0.15) is 12.8 Å². The largest absolute Gasteiger partial charge is 0.487 e. The number of halogens is 2. The van der Waals surface area contributed by atoms with E-state index in [1.807, 2.05) is 0 Å². The fraction of sp³-hybridized carbons (Fsp3) is 0.400. The molecule has 0 spiro atoms. The Morgan fingerprint density at radius 1 is 1.29 bits per heavy atom. The van der Waals surface area contributed by atoms with Gasteiger partial charge in [0.2, 0.25) is 5.82 Å². The summed E-state index contributed by atoms with van der Waals surface area (Å²) in [6.07, 6.45) is 1.34. The topological polar surface area (TPSA) is 35.2 Å². The van der Waals surface area contributed by atoms with Crippen LogP contribution in [0.3, 0.4) is 0 Å². The van der Waals surface area contributed by atoms with Crippen molar-refractivity contribution in [2.75, 3.05) is 0 Å². The lowest BCUT2D eigenvalue weighted by Gasteiger charge is -2.32. The zero-order valence-electron chi connectivity index (χ0n) is 7.54. The second-order valence-electron chi connectivity index (χ2n) is 3.52. The van der Waals surface area contributed by atoms with Crippen LogP contribution in [0.15, 0.2) is 18.2 Å². The first kappa shape index (κ1) is 9.40. The predicted octanol–water partition coefficient (Wildman–Crippen LogP) is 1.83. The third-order valence-corrected chi connectivity index (χ3v) is 2.34. The quantitative estimate of drug-likeness (QED) is 0.788. The molecule has 76 valence electrons. The first-order valence-electron chi connectivity index (χ1n) is 4.53. The van der Waals surface area contributed by atoms with E-state index in [9.17, 15) is 8.78 Å². The van der Waals surface area contributed by atoms with Gasteiger partial charge in [-0.1, -0.05) is 6.07 Å². The summed E-state index contributed by atoms with van der Waals surface area (Å²) in [6.45, 7) is 0. The van der Waals surface area contributed by atoms with Crippen molar-refractivity contribution in [2.45, 2.75) is 25.0 Å². The van der Waals surface area contributed by atoms with Crippen molar-refractivity contribution in [2.24, 2.45) is 5.73 Å². The van der Waals surface area contributed by atoms with Crippen LogP contribution in [-0.4, -0.2) is 12.1 Å². The SMILES string of the molecule is N[C@H]1C[C@H](Oc2cccc(F)c2F)C1. The molecule has 1 aromatic carbocycles. The standard InChI is InChI=1S/C10H11F2NO/c11-8-2-1-3-9(10(8)12)14-7-4-6(13)5-7/h1-3,6-7H,4-5,13H2/t6-,7-. The smallest absolute Gasteiger partial charge is 0.200 e. The molecular formula is C10H11F2NO. The van der Waals surface area contributed by atoms with Crippen LogP contribution in [0.25, 0.3) is 0 Å². The number of ether oxygens (including phenoxy) is 1. The monoisotopic (exact) mass is 199 g/mol. The Kier molecular flexibility index (Phi) is 2.37. The molecule has 4 heteroatoms. The molecule has 0 radical (unpaired) electrons. The van der Waals surface area contributed by atoms with E-state index in [2.05, 4.69) is 0 Å². The van der Waals surface area contributed by atoms with Gasteiger partial charge in [-0.25, -0.2) is 4.39 Å². The van der Waals surface area contributed by atoms with Gasteiger partial charge in [0, 0.05) is 6.04 Å². The summed E-state index contributed by atoms with van der Waals surface area (Å²) in [6, 6.07) is 4.04. The summed E-state index contributed by atoms with van der Waals surface area (Å²) in [5, 5.41) is 0. The highest BCUT2D eigenvalue weighted by atomic mass is 19.2. The maximum atomic E-state index is 13.1. The third kappa shape index (κ3) is 1.70. The lowest BCUT2D eigenvalue weighted by atomic mass is 9.90. The zero-order valence-corrected chi connectivity index (χ0v) is 7.54. The fourth-order valence-electron chi connectivity index (χ4n) is 1.46. The van der Waals surface area contributed by atoms with E-state index in [0.29, 0.717) is 12.8 Å². The normalized spacial score (nSPS) is 25.6. The van der Waals surface area contributed by atoms with E-state index in [4.69, 9.17) is 10.5 Å². The van der Waals surface area contributed by atoms with Crippen LogP contribution in [0, 0.1) is 11.6 Å². The van der Waals surface area contributed by atoms with Crippen molar-refractivity contribution < 1.29 is 13.5 Å². The molecule has 0 saturated heterocycles. The Balaban J connectivity index is 2.06. The van der Waals surface area contributed by atoms with Crippen molar-refractivity contribution in [1.82, 2.24) is 0 Å². The first-order chi connectivity index (χ1) is 6.66. The van der Waals surface area contributed by atoms with E-state index >= 15 is 0 Å². The van der Waals surface area contributed by atoms with Crippen molar-refractivity contribution in [3.05, 3.63) is 29.8 Å². The lowest BCUT2D eigenvalue weighted by molar-refractivity contribution is 0.0953.